The van der Waals surface area contributed by atoms with Crippen LogP contribution in [0.4, 0.5) is 10.5 Å². The summed E-state index contributed by atoms with van der Waals surface area (Å²) in [4.78, 5) is 15.2. The Morgan fingerprint density at radius 2 is 2.04 bits per heavy atom. The Kier molecular flexibility index (Phi) is 5.94. The quantitative estimate of drug-likeness (QED) is 0.844. The third-order valence-electron chi connectivity index (χ3n) is 4.58. The highest BCUT2D eigenvalue weighted by Gasteiger charge is 2.29. The van der Waals surface area contributed by atoms with Crippen molar-refractivity contribution >= 4 is 23.1 Å². The van der Waals surface area contributed by atoms with Crippen LogP contribution in [0.3, 0.4) is 0 Å². The molecule has 25 heavy (non-hydrogen) atoms. The molecule has 2 N–H and O–H groups in total. The average Bonchev–Trinajstić information content (AvgIpc) is 3.14. The Morgan fingerprint density at radius 1 is 1.28 bits per heavy atom. The summed E-state index contributed by atoms with van der Waals surface area (Å²) < 4.78 is 5.72. The smallest absolute Gasteiger partial charge is 0.321 e. The SMILES string of the molecule is CN(C(=O)Nc1ccc(OCc2cccs2)cc1)C1CCCCC1O. The Bertz CT molecular complexity index is 672. The van der Waals surface area contributed by atoms with Gasteiger partial charge in [-0.3, -0.25) is 0 Å². The molecule has 1 aliphatic rings. The lowest BCUT2D eigenvalue weighted by atomic mass is 9.92. The number of rotatable bonds is 5. The first-order valence-corrected chi connectivity index (χ1v) is 9.48. The van der Waals surface area contributed by atoms with Crippen LogP contribution >= 0.6 is 11.3 Å². The van der Waals surface area contributed by atoms with Crippen molar-refractivity contribution in [2.45, 2.75) is 44.4 Å². The van der Waals surface area contributed by atoms with Gasteiger partial charge in [-0.15, -0.1) is 11.3 Å². The van der Waals surface area contributed by atoms with Crippen molar-refractivity contribution in [2.75, 3.05) is 12.4 Å². The maximum absolute atomic E-state index is 12.4. The fraction of sp³-hybridized carbons (Fsp3) is 0.421. The fourth-order valence-corrected chi connectivity index (χ4v) is 3.71. The molecule has 0 saturated heterocycles. The van der Waals surface area contributed by atoms with Gasteiger partial charge in [0.25, 0.3) is 0 Å². The monoisotopic (exact) mass is 360 g/mol. The molecule has 1 fully saturated rings. The standard InChI is InChI=1S/C19H24N2O3S/c1-21(17-6-2-3-7-18(17)22)19(23)20-14-8-10-15(11-9-14)24-13-16-5-4-12-25-16/h4-5,8-12,17-18,22H,2-3,6-7,13H2,1H3,(H,20,23). The van der Waals surface area contributed by atoms with E-state index in [1.165, 1.54) is 4.88 Å². The predicted molar refractivity (Wildman–Crippen MR) is 100 cm³/mol. The number of amides is 2. The van der Waals surface area contributed by atoms with Gasteiger partial charge in [-0.1, -0.05) is 18.9 Å². The van der Waals surface area contributed by atoms with Crippen LogP contribution < -0.4 is 10.1 Å². The minimum Gasteiger partial charge on any atom is -0.488 e. The number of anilines is 1. The van der Waals surface area contributed by atoms with Crippen LogP contribution in [0, 0.1) is 0 Å². The molecular formula is C19H24N2O3S. The summed E-state index contributed by atoms with van der Waals surface area (Å²) in [6.07, 6.45) is 3.26. The second-order valence-corrected chi connectivity index (χ2v) is 7.38. The van der Waals surface area contributed by atoms with Gasteiger partial charge in [-0.2, -0.15) is 0 Å². The molecule has 1 aromatic carbocycles. The van der Waals surface area contributed by atoms with E-state index in [1.54, 1.807) is 23.3 Å². The highest BCUT2D eigenvalue weighted by atomic mass is 32.1. The Morgan fingerprint density at radius 3 is 2.72 bits per heavy atom. The molecule has 0 aliphatic heterocycles. The van der Waals surface area contributed by atoms with E-state index >= 15 is 0 Å². The van der Waals surface area contributed by atoms with Crippen molar-refractivity contribution in [3.8, 4) is 5.75 Å². The minimum absolute atomic E-state index is 0.109. The van der Waals surface area contributed by atoms with Crippen molar-refractivity contribution in [3.63, 3.8) is 0 Å². The van der Waals surface area contributed by atoms with Crippen LogP contribution in [0.2, 0.25) is 0 Å². The molecule has 2 atom stereocenters. The van der Waals surface area contributed by atoms with Gasteiger partial charge in [-0.25, -0.2) is 4.79 Å². The van der Waals surface area contributed by atoms with Gasteiger partial charge in [-0.05, 0) is 48.6 Å². The first kappa shape index (κ1) is 17.8. The Balaban J connectivity index is 1.52. The number of nitrogens with zero attached hydrogens (tertiary/aromatic N) is 1. The van der Waals surface area contributed by atoms with Gasteiger partial charge in [0.1, 0.15) is 12.4 Å². The molecule has 0 radical (unpaired) electrons. The van der Waals surface area contributed by atoms with Crippen molar-refractivity contribution in [2.24, 2.45) is 0 Å². The number of carbonyl (C=O) groups excluding carboxylic acids is 1. The van der Waals surface area contributed by atoms with E-state index in [2.05, 4.69) is 5.32 Å². The first-order chi connectivity index (χ1) is 12.1. The van der Waals surface area contributed by atoms with Crippen LogP contribution in [-0.4, -0.2) is 35.2 Å². The number of nitrogens with one attached hydrogen (secondary N) is 1. The van der Waals surface area contributed by atoms with E-state index < -0.39 is 6.10 Å². The summed E-state index contributed by atoms with van der Waals surface area (Å²) in [5.41, 5.74) is 0.714. The molecule has 2 amide bonds. The van der Waals surface area contributed by atoms with Crippen molar-refractivity contribution in [1.29, 1.82) is 0 Å². The molecule has 1 heterocycles. The number of likely N-dealkylation sites (N-methyl/N-ethyl adjacent to an activating group) is 1. The number of aliphatic hydroxyl groups is 1. The molecule has 5 nitrogen and oxygen atoms in total. The zero-order valence-electron chi connectivity index (χ0n) is 14.4. The molecule has 0 spiro atoms. The molecule has 2 aromatic rings. The maximum atomic E-state index is 12.4. The number of hydrogen-bond acceptors (Lipinski definition) is 4. The lowest BCUT2D eigenvalue weighted by molar-refractivity contribution is 0.0494. The normalized spacial score (nSPS) is 20.1. The molecule has 6 heteroatoms. The molecule has 0 bridgehead atoms. The van der Waals surface area contributed by atoms with E-state index in [0.717, 1.165) is 31.4 Å². The number of ether oxygens (including phenoxy) is 1. The van der Waals surface area contributed by atoms with E-state index in [1.807, 2.05) is 41.8 Å². The summed E-state index contributed by atoms with van der Waals surface area (Å²) in [7, 11) is 1.74. The molecule has 1 saturated carbocycles. The van der Waals surface area contributed by atoms with Crippen LogP contribution in [0.25, 0.3) is 0 Å². The molecule has 1 aromatic heterocycles. The third-order valence-corrected chi connectivity index (χ3v) is 5.43. The average molecular weight is 360 g/mol. The number of carbonyl (C=O) groups is 1. The van der Waals surface area contributed by atoms with Crippen molar-refractivity contribution < 1.29 is 14.6 Å². The number of urea groups is 1. The van der Waals surface area contributed by atoms with Gasteiger partial charge in [0.15, 0.2) is 0 Å². The van der Waals surface area contributed by atoms with Crippen LogP contribution in [-0.2, 0) is 6.61 Å². The fourth-order valence-electron chi connectivity index (χ4n) is 3.09. The molecule has 134 valence electrons. The zero-order valence-corrected chi connectivity index (χ0v) is 15.2. The predicted octanol–water partition coefficient (Wildman–Crippen LogP) is 4.09. The lowest BCUT2D eigenvalue weighted by Crippen LogP contribution is -2.47. The topological polar surface area (TPSA) is 61.8 Å². The number of benzene rings is 1. The number of hydrogen-bond donors (Lipinski definition) is 2. The first-order valence-electron chi connectivity index (χ1n) is 8.60. The van der Waals surface area contributed by atoms with Crippen molar-refractivity contribution in [1.82, 2.24) is 4.90 Å². The number of aliphatic hydroxyl groups excluding tert-OH is 1. The molecule has 3 rings (SSSR count). The molecule has 2 unspecified atom stereocenters. The lowest BCUT2D eigenvalue weighted by Gasteiger charge is -2.35. The van der Waals surface area contributed by atoms with E-state index in [-0.39, 0.29) is 12.1 Å². The van der Waals surface area contributed by atoms with Crippen molar-refractivity contribution in [3.05, 3.63) is 46.7 Å². The minimum atomic E-state index is -0.433. The third kappa shape index (κ3) is 4.74. The molecular weight excluding hydrogens is 336 g/mol. The van der Waals surface area contributed by atoms with E-state index in [0.29, 0.717) is 12.3 Å². The second kappa shape index (κ2) is 8.36. The van der Waals surface area contributed by atoms with Gasteiger partial charge in [0.2, 0.25) is 0 Å². The highest BCUT2D eigenvalue weighted by Crippen LogP contribution is 2.23. The largest absolute Gasteiger partial charge is 0.488 e. The Hall–Kier alpha value is -2.05. The van der Waals surface area contributed by atoms with E-state index in [4.69, 9.17) is 4.74 Å². The summed E-state index contributed by atoms with van der Waals surface area (Å²) >= 11 is 1.66. The highest BCUT2D eigenvalue weighted by molar-refractivity contribution is 7.09. The summed E-state index contributed by atoms with van der Waals surface area (Å²) in [6, 6.07) is 11.1. The molecule has 1 aliphatic carbocycles. The van der Waals surface area contributed by atoms with Gasteiger partial charge in [0, 0.05) is 17.6 Å². The maximum Gasteiger partial charge on any atom is 0.321 e. The van der Waals surface area contributed by atoms with Gasteiger partial charge < -0.3 is 20.1 Å². The van der Waals surface area contributed by atoms with Gasteiger partial charge in [0.05, 0.1) is 12.1 Å². The second-order valence-electron chi connectivity index (χ2n) is 6.35. The summed E-state index contributed by atoms with van der Waals surface area (Å²) in [5.74, 6) is 0.766. The summed E-state index contributed by atoms with van der Waals surface area (Å²) in [5, 5.41) is 15.0. The van der Waals surface area contributed by atoms with Crippen LogP contribution in [0.15, 0.2) is 41.8 Å². The van der Waals surface area contributed by atoms with Crippen LogP contribution in [0.1, 0.15) is 30.6 Å². The summed E-state index contributed by atoms with van der Waals surface area (Å²) in [6.45, 7) is 0.547. The number of thiophene rings is 1. The van der Waals surface area contributed by atoms with Gasteiger partial charge >= 0.3 is 6.03 Å². The van der Waals surface area contributed by atoms with Crippen LogP contribution in [0.5, 0.6) is 5.75 Å². The Labute approximate surface area is 152 Å². The zero-order chi connectivity index (χ0) is 17.6. The van der Waals surface area contributed by atoms with E-state index in [9.17, 15) is 9.90 Å².